The van der Waals surface area contributed by atoms with Crippen LogP contribution in [-0.2, 0) is 9.53 Å². The van der Waals surface area contributed by atoms with E-state index in [1.165, 1.54) is 11.1 Å². The molecule has 15 heavy (non-hydrogen) atoms. The zero-order chi connectivity index (χ0) is 11.4. The van der Waals surface area contributed by atoms with Crippen molar-refractivity contribution in [2.24, 2.45) is 0 Å². The number of rotatable bonds is 3. The van der Waals surface area contributed by atoms with Crippen LogP contribution in [0.1, 0.15) is 27.7 Å². The van der Waals surface area contributed by atoms with Crippen molar-refractivity contribution >= 4 is 5.97 Å². The first-order valence-electron chi connectivity index (χ1n) is 5.29. The Morgan fingerprint density at radius 3 is 2.73 bits per heavy atom. The minimum absolute atomic E-state index is 0.155. The second-order valence-electron chi connectivity index (χ2n) is 3.91. The summed E-state index contributed by atoms with van der Waals surface area (Å²) >= 11 is 0. The highest BCUT2D eigenvalue weighted by molar-refractivity contribution is 5.72. The lowest BCUT2D eigenvalue weighted by Gasteiger charge is -2.29. The predicted octanol–water partition coefficient (Wildman–Crippen LogP) is 2.11. The molecule has 1 aliphatic rings. The molecule has 1 heterocycles. The number of nitrogens with zero attached hydrogens (tertiary/aromatic N) is 1. The van der Waals surface area contributed by atoms with E-state index >= 15 is 0 Å². The largest absolute Gasteiger partial charge is 0.465 e. The van der Waals surface area contributed by atoms with Gasteiger partial charge in [-0.3, -0.25) is 4.79 Å². The van der Waals surface area contributed by atoms with Gasteiger partial charge >= 0.3 is 5.97 Å². The Kier molecular flexibility index (Phi) is 3.95. The highest BCUT2D eigenvalue weighted by Crippen LogP contribution is 2.19. The molecule has 0 fully saturated rings. The van der Waals surface area contributed by atoms with E-state index in [0.717, 1.165) is 12.2 Å². The predicted molar refractivity (Wildman–Crippen MR) is 60.3 cm³/mol. The van der Waals surface area contributed by atoms with Crippen molar-refractivity contribution in [3.05, 3.63) is 22.9 Å². The van der Waals surface area contributed by atoms with Crippen molar-refractivity contribution in [2.75, 3.05) is 19.7 Å². The molecule has 0 atom stereocenters. The summed E-state index contributed by atoms with van der Waals surface area (Å²) in [6.07, 6.45) is 2.11. The van der Waals surface area contributed by atoms with Gasteiger partial charge in [-0.2, -0.15) is 0 Å². The van der Waals surface area contributed by atoms with Gasteiger partial charge in [0.05, 0.1) is 6.61 Å². The quantitative estimate of drug-likeness (QED) is 0.667. The van der Waals surface area contributed by atoms with Crippen LogP contribution in [0.25, 0.3) is 0 Å². The normalized spacial score (nSPS) is 16.5. The molecule has 0 aromatic rings. The Hall–Kier alpha value is -1.25. The monoisotopic (exact) mass is 209 g/mol. The minimum Gasteiger partial charge on any atom is -0.465 e. The lowest BCUT2D eigenvalue weighted by Crippen LogP contribution is -2.33. The molecule has 1 aliphatic heterocycles. The fraction of sp³-hybridized carbons (Fsp3) is 0.583. The third-order valence-electron chi connectivity index (χ3n) is 2.65. The lowest BCUT2D eigenvalue weighted by atomic mass is 10.1. The lowest BCUT2D eigenvalue weighted by molar-refractivity contribution is -0.143. The van der Waals surface area contributed by atoms with E-state index in [0.29, 0.717) is 13.2 Å². The van der Waals surface area contributed by atoms with Gasteiger partial charge in [0.1, 0.15) is 6.54 Å². The molecule has 0 aromatic carbocycles. The summed E-state index contributed by atoms with van der Waals surface area (Å²) in [4.78, 5) is 13.4. The minimum atomic E-state index is -0.155. The van der Waals surface area contributed by atoms with Gasteiger partial charge in [0.15, 0.2) is 0 Å². The summed E-state index contributed by atoms with van der Waals surface area (Å²) in [5.74, 6) is -0.155. The van der Waals surface area contributed by atoms with Crippen LogP contribution >= 0.6 is 0 Å². The molecule has 3 nitrogen and oxygen atoms in total. The standard InChI is InChI=1S/C12H19NO2/c1-5-15-12(14)8-13-7-10(3)9(2)6-11(13)4/h6H,5,7-8H2,1-4H3. The van der Waals surface area contributed by atoms with Gasteiger partial charge in [-0.15, -0.1) is 0 Å². The fourth-order valence-corrected chi connectivity index (χ4v) is 1.61. The molecule has 0 saturated carbocycles. The molecule has 0 aromatic heterocycles. The average molecular weight is 209 g/mol. The van der Waals surface area contributed by atoms with Crippen LogP contribution in [0.15, 0.2) is 22.9 Å². The average Bonchev–Trinajstić information content (AvgIpc) is 2.14. The maximum absolute atomic E-state index is 11.3. The number of allylic oxidation sites excluding steroid dienone is 3. The van der Waals surface area contributed by atoms with Crippen LogP contribution in [0.2, 0.25) is 0 Å². The SMILES string of the molecule is CCOC(=O)CN1CC(C)=C(C)C=C1C. The highest BCUT2D eigenvalue weighted by atomic mass is 16.5. The van der Waals surface area contributed by atoms with Crippen LogP contribution < -0.4 is 0 Å². The maximum atomic E-state index is 11.3. The zero-order valence-electron chi connectivity index (χ0n) is 9.96. The summed E-state index contributed by atoms with van der Waals surface area (Å²) in [7, 11) is 0. The molecule has 0 aliphatic carbocycles. The summed E-state index contributed by atoms with van der Waals surface area (Å²) in [5.41, 5.74) is 3.74. The molecule has 3 heteroatoms. The molecule has 0 N–H and O–H groups in total. The van der Waals surface area contributed by atoms with E-state index in [2.05, 4.69) is 19.9 Å². The van der Waals surface area contributed by atoms with Crippen molar-refractivity contribution in [2.45, 2.75) is 27.7 Å². The Labute approximate surface area is 91.4 Å². The summed E-state index contributed by atoms with van der Waals surface area (Å²) in [6.45, 7) is 9.66. The van der Waals surface area contributed by atoms with Crippen molar-refractivity contribution in [1.29, 1.82) is 0 Å². The van der Waals surface area contributed by atoms with E-state index in [1.807, 2.05) is 18.7 Å². The molecular weight excluding hydrogens is 190 g/mol. The molecule has 0 spiro atoms. The molecule has 0 amide bonds. The van der Waals surface area contributed by atoms with Gasteiger partial charge in [-0.25, -0.2) is 0 Å². The second kappa shape index (κ2) is 5.01. The van der Waals surface area contributed by atoms with Crippen LogP contribution in [0.4, 0.5) is 0 Å². The number of ether oxygens (including phenoxy) is 1. The topological polar surface area (TPSA) is 29.5 Å². The fourth-order valence-electron chi connectivity index (χ4n) is 1.61. The molecule has 1 rings (SSSR count). The number of esters is 1. The summed E-state index contributed by atoms with van der Waals surface area (Å²) < 4.78 is 4.93. The van der Waals surface area contributed by atoms with Gasteiger partial charge < -0.3 is 9.64 Å². The number of carbonyl (C=O) groups excluding carboxylic acids is 1. The van der Waals surface area contributed by atoms with E-state index < -0.39 is 0 Å². The Bertz CT molecular complexity index is 316. The van der Waals surface area contributed by atoms with Crippen molar-refractivity contribution < 1.29 is 9.53 Å². The van der Waals surface area contributed by atoms with Crippen LogP contribution in [0, 0.1) is 0 Å². The van der Waals surface area contributed by atoms with Crippen molar-refractivity contribution in [1.82, 2.24) is 4.90 Å². The number of carbonyl (C=O) groups is 1. The first kappa shape index (κ1) is 11.8. The summed E-state index contributed by atoms with van der Waals surface area (Å²) in [5, 5.41) is 0. The van der Waals surface area contributed by atoms with E-state index in [-0.39, 0.29) is 5.97 Å². The van der Waals surface area contributed by atoms with Gasteiger partial charge in [-0.05, 0) is 39.3 Å². The van der Waals surface area contributed by atoms with E-state index in [9.17, 15) is 4.79 Å². The van der Waals surface area contributed by atoms with Gasteiger partial charge in [0.2, 0.25) is 0 Å². The molecule has 0 saturated heterocycles. The first-order valence-corrected chi connectivity index (χ1v) is 5.29. The van der Waals surface area contributed by atoms with Gasteiger partial charge in [-0.1, -0.05) is 5.57 Å². The van der Waals surface area contributed by atoms with Crippen LogP contribution in [-0.4, -0.2) is 30.6 Å². The maximum Gasteiger partial charge on any atom is 0.325 e. The van der Waals surface area contributed by atoms with Crippen LogP contribution in [0.5, 0.6) is 0 Å². The number of hydrogen-bond acceptors (Lipinski definition) is 3. The molecule has 0 bridgehead atoms. The number of hydrogen-bond donors (Lipinski definition) is 0. The van der Waals surface area contributed by atoms with Crippen molar-refractivity contribution in [3.63, 3.8) is 0 Å². The molecule has 0 unspecified atom stereocenters. The van der Waals surface area contributed by atoms with E-state index in [1.54, 1.807) is 0 Å². The smallest absolute Gasteiger partial charge is 0.325 e. The third kappa shape index (κ3) is 3.11. The second-order valence-corrected chi connectivity index (χ2v) is 3.91. The third-order valence-corrected chi connectivity index (χ3v) is 2.65. The van der Waals surface area contributed by atoms with Crippen molar-refractivity contribution in [3.8, 4) is 0 Å². The van der Waals surface area contributed by atoms with E-state index in [4.69, 9.17) is 4.74 Å². The Balaban J connectivity index is 2.60. The molecule has 0 radical (unpaired) electrons. The Morgan fingerprint density at radius 2 is 2.13 bits per heavy atom. The summed E-state index contributed by atoms with van der Waals surface area (Å²) in [6, 6.07) is 0. The van der Waals surface area contributed by atoms with Crippen LogP contribution in [0.3, 0.4) is 0 Å². The highest BCUT2D eigenvalue weighted by Gasteiger charge is 2.16. The molecular formula is C12H19NO2. The van der Waals surface area contributed by atoms with Gasteiger partial charge in [0.25, 0.3) is 0 Å². The Morgan fingerprint density at radius 1 is 1.47 bits per heavy atom. The van der Waals surface area contributed by atoms with Gasteiger partial charge in [0, 0.05) is 12.2 Å². The zero-order valence-corrected chi connectivity index (χ0v) is 9.96. The molecule has 84 valence electrons. The first-order chi connectivity index (χ1) is 7.04.